The molecule has 1 aromatic carbocycles. The molecule has 2 heterocycles. The molecule has 2 aromatic heterocycles. The first kappa shape index (κ1) is 14.9. The molecule has 22 heavy (non-hydrogen) atoms. The van der Waals surface area contributed by atoms with Gasteiger partial charge in [0.25, 0.3) is 5.56 Å². The van der Waals surface area contributed by atoms with E-state index in [0.717, 1.165) is 21.7 Å². The lowest BCUT2D eigenvalue weighted by molar-refractivity contribution is 0.523. The molecule has 1 unspecified atom stereocenters. The summed E-state index contributed by atoms with van der Waals surface area (Å²) in [6, 6.07) is 12.4. The minimum absolute atomic E-state index is 0.0654. The number of H-pyrrole nitrogens is 1. The summed E-state index contributed by atoms with van der Waals surface area (Å²) in [6.07, 6.45) is 1.05. The van der Waals surface area contributed by atoms with Crippen molar-refractivity contribution in [3.8, 4) is 10.4 Å². The van der Waals surface area contributed by atoms with Crippen LogP contribution in [-0.4, -0.2) is 16.0 Å². The molecular formula is C17H19N3OS. The van der Waals surface area contributed by atoms with Crippen LogP contribution in [0.15, 0.2) is 41.2 Å². The van der Waals surface area contributed by atoms with E-state index < -0.39 is 0 Å². The van der Waals surface area contributed by atoms with Crippen molar-refractivity contribution in [3.05, 3.63) is 52.6 Å². The van der Waals surface area contributed by atoms with Crippen LogP contribution in [0.2, 0.25) is 0 Å². The summed E-state index contributed by atoms with van der Waals surface area (Å²) < 4.78 is 0. The van der Waals surface area contributed by atoms with E-state index in [1.165, 1.54) is 0 Å². The van der Waals surface area contributed by atoms with Gasteiger partial charge in [-0.25, -0.2) is 4.98 Å². The van der Waals surface area contributed by atoms with E-state index in [2.05, 4.69) is 29.1 Å². The van der Waals surface area contributed by atoms with Crippen molar-refractivity contribution in [3.63, 3.8) is 0 Å². The van der Waals surface area contributed by atoms with Gasteiger partial charge < -0.3 is 10.3 Å². The molecule has 0 amide bonds. The molecule has 0 spiro atoms. The summed E-state index contributed by atoms with van der Waals surface area (Å²) >= 11 is 1.56. The van der Waals surface area contributed by atoms with Gasteiger partial charge in [-0.1, -0.05) is 37.3 Å². The molecule has 5 heteroatoms. The van der Waals surface area contributed by atoms with Crippen LogP contribution in [0.3, 0.4) is 0 Å². The number of nitrogens with one attached hydrogen (secondary N) is 2. The zero-order valence-electron chi connectivity index (χ0n) is 12.7. The van der Waals surface area contributed by atoms with Crippen LogP contribution in [0, 0.1) is 0 Å². The first-order valence-electron chi connectivity index (χ1n) is 7.49. The summed E-state index contributed by atoms with van der Waals surface area (Å²) in [5, 5.41) is 4.01. The maximum atomic E-state index is 12.2. The Morgan fingerprint density at radius 3 is 2.82 bits per heavy atom. The van der Waals surface area contributed by atoms with Crippen LogP contribution in [-0.2, 0) is 6.54 Å². The second-order valence-electron chi connectivity index (χ2n) is 5.40. The number of nitrogens with zero attached hydrogens (tertiary/aromatic N) is 1. The highest BCUT2D eigenvalue weighted by Crippen LogP contribution is 2.30. The monoisotopic (exact) mass is 313 g/mol. The molecule has 3 aromatic rings. The molecule has 4 nitrogen and oxygen atoms in total. The third-order valence-corrected chi connectivity index (χ3v) is 4.82. The smallest absolute Gasteiger partial charge is 0.259 e. The SMILES string of the molecule is CCC(C)NCc1nc2sc(-c3ccccc3)cc2c(=O)[nH]1. The number of hydrogen-bond acceptors (Lipinski definition) is 4. The van der Waals surface area contributed by atoms with Gasteiger partial charge in [-0.3, -0.25) is 4.79 Å². The molecule has 3 rings (SSSR count). The molecule has 0 aliphatic heterocycles. The van der Waals surface area contributed by atoms with Crippen LogP contribution in [0.5, 0.6) is 0 Å². The summed E-state index contributed by atoms with van der Waals surface area (Å²) in [6.45, 7) is 4.83. The molecule has 114 valence electrons. The Morgan fingerprint density at radius 2 is 2.09 bits per heavy atom. The topological polar surface area (TPSA) is 57.8 Å². The van der Waals surface area contributed by atoms with Gasteiger partial charge in [-0.15, -0.1) is 11.3 Å². The molecule has 0 aliphatic carbocycles. The quantitative estimate of drug-likeness (QED) is 0.757. The number of benzene rings is 1. The van der Waals surface area contributed by atoms with E-state index in [1.807, 2.05) is 36.4 Å². The van der Waals surface area contributed by atoms with E-state index in [0.29, 0.717) is 23.8 Å². The highest BCUT2D eigenvalue weighted by molar-refractivity contribution is 7.21. The maximum Gasteiger partial charge on any atom is 0.259 e. The normalized spacial score (nSPS) is 12.6. The van der Waals surface area contributed by atoms with Crippen molar-refractivity contribution in [2.45, 2.75) is 32.9 Å². The van der Waals surface area contributed by atoms with Crippen LogP contribution < -0.4 is 10.9 Å². The molecule has 1 atom stereocenters. The van der Waals surface area contributed by atoms with E-state index in [4.69, 9.17) is 0 Å². The van der Waals surface area contributed by atoms with Crippen molar-refractivity contribution in [1.29, 1.82) is 0 Å². The Morgan fingerprint density at radius 1 is 1.32 bits per heavy atom. The van der Waals surface area contributed by atoms with Crippen LogP contribution in [0.25, 0.3) is 20.7 Å². The van der Waals surface area contributed by atoms with Crippen molar-refractivity contribution in [2.24, 2.45) is 0 Å². The minimum Gasteiger partial charge on any atom is -0.309 e. The second-order valence-corrected chi connectivity index (χ2v) is 6.43. The average Bonchev–Trinajstić information content (AvgIpc) is 2.98. The van der Waals surface area contributed by atoms with Gasteiger partial charge in [0.15, 0.2) is 0 Å². The lowest BCUT2D eigenvalue weighted by Gasteiger charge is -2.10. The average molecular weight is 313 g/mol. The van der Waals surface area contributed by atoms with Crippen molar-refractivity contribution < 1.29 is 0 Å². The Labute approximate surface area is 133 Å². The first-order chi connectivity index (χ1) is 10.7. The third kappa shape index (κ3) is 3.10. The van der Waals surface area contributed by atoms with Gasteiger partial charge in [0.05, 0.1) is 11.9 Å². The van der Waals surface area contributed by atoms with E-state index >= 15 is 0 Å². The van der Waals surface area contributed by atoms with Gasteiger partial charge in [0.1, 0.15) is 10.7 Å². The fourth-order valence-corrected chi connectivity index (χ4v) is 3.28. The van der Waals surface area contributed by atoms with Crippen molar-refractivity contribution in [2.75, 3.05) is 0 Å². The Hall–Kier alpha value is -1.98. The Kier molecular flexibility index (Phi) is 4.36. The van der Waals surface area contributed by atoms with Crippen LogP contribution in [0.1, 0.15) is 26.1 Å². The first-order valence-corrected chi connectivity index (χ1v) is 8.30. The predicted octanol–water partition coefficient (Wildman–Crippen LogP) is 3.54. The molecule has 2 N–H and O–H groups in total. The summed E-state index contributed by atoms with van der Waals surface area (Å²) in [5.74, 6) is 0.694. The molecule has 0 aliphatic rings. The molecule has 0 bridgehead atoms. The lowest BCUT2D eigenvalue weighted by Crippen LogP contribution is -2.26. The zero-order valence-corrected chi connectivity index (χ0v) is 13.5. The van der Waals surface area contributed by atoms with Crippen molar-refractivity contribution >= 4 is 21.6 Å². The van der Waals surface area contributed by atoms with Gasteiger partial charge in [0, 0.05) is 10.9 Å². The predicted molar refractivity (Wildman–Crippen MR) is 92.3 cm³/mol. The Balaban J connectivity index is 1.95. The Bertz CT molecular complexity index is 823. The number of aromatic amines is 1. The lowest BCUT2D eigenvalue weighted by atomic mass is 10.2. The molecule has 0 saturated heterocycles. The van der Waals surface area contributed by atoms with Gasteiger partial charge >= 0.3 is 0 Å². The fraction of sp³-hybridized carbons (Fsp3) is 0.294. The molecule has 0 radical (unpaired) electrons. The fourth-order valence-electron chi connectivity index (χ4n) is 2.22. The number of thiophene rings is 1. The maximum absolute atomic E-state index is 12.2. The summed E-state index contributed by atoms with van der Waals surface area (Å²) in [5.41, 5.74) is 1.05. The van der Waals surface area contributed by atoms with E-state index in [9.17, 15) is 4.79 Å². The zero-order chi connectivity index (χ0) is 15.5. The minimum atomic E-state index is -0.0654. The van der Waals surface area contributed by atoms with Gasteiger partial charge in [-0.2, -0.15) is 0 Å². The summed E-state index contributed by atoms with van der Waals surface area (Å²) in [7, 11) is 0. The molecular weight excluding hydrogens is 294 g/mol. The highest BCUT2D eigenvalue weighted by Gasteiger charge is 2.10. The van der Waals surface area contributed by atoms with Gasteiger partial charge in [-0.05, 0) is 25.0 Å². The van der Waals surface area contributed by atoms with Crippen molar-refractivity contribution in [1.82, 2.24) is 15.3 Å². The van der Waals surface area contributed by atoms with Crippen LogP contribution in [0.4, 0.5) is 0 Å². The molecule has 0 saturated carbocycles. The van der Waals surface area contributed by atoms with E-state index in [1.54, 1.807) is 11.3 Å². The number of rotatable bonds is 5. The second kappa shape index (κ2) is 6.42. The van der Waals surface area contributed by atoms with Gasteiger partial charge in [0.2, 0.25) is 0 Å². The third-order valence-electron chi connectivity index (χ3n) is 3.74. The highest BCUT2D eigenvalue weighted by atomic mass is 32.1. The summed E-state index contributed by atoms with van der Waals surface area (Å²) in [4.78, 5) is 21.6. The molecule has 0 fully saturated rings. The number of aromatic nitrogens is 2. The number of fused-ring (bicyclic) bond motifs is 1. The van der Waals surface area contributed by atoms with Crippen LogP contribution >= 0.6 is 11.3 Å². The van der Waals surface area contributed by atoms with E-state index in [-0.39, 0.29) is 5.56 Å². The standard InChI is InChI=1S/C17H19N3OS/c1-3-11(2)18-10-15-19-16(21)13-9-14(22-17(13)20-15)12-7-5-4-6-8-12/h4-9,11,18H,3,10H2,1-2H3,(H,19,20,21). The number of hydrogen-bond donors (Lipinski definition) is 2. The largest absolute Gasteiger partial charge is 0.309 e.